The molecule has 0 radical (unpaired) electrons. The lowest BCUT2D eigenvalue weighted by molar-refractivity contribution is 0.919. The molecule has 0 unspecified atom stereocenters. The third-order valence-corrected chi connectivity index (χ3v) is 2.22. The van der Waals surface area contributed by atoms with Crippen LogP contribution >= 0.6 is 0 Å². The fourth-order valence-electron chi connectivity index (χ4n) is 1.42. The molecule has 0 spiro atoms. The fraction of sp³-hybridized carbons (Fsp3) is 0.0909. The van der Waals surface area contributed by atoms with Crippen LogP contribution in [0.2, 0.25) is 0 Å². The van der Waals surface area contributed by atoms with E-state index in [0.29, 0.717) is 5.82 Å². The van der Waals surface area contributed by atoms with Crippen molar-refractivity contribution in [2.45, 2.75) is 6.92 Å². The smallest absolute Gasteiger partial charge is 0.177 e. The number of aromatic nitrogens is 4. The van der Waals surface area contributed by atoms with Gasteiger partial charge in [0, 0.05) is 0 Å². The average Bonchev–Trinajstić information content (AvgIpc) is 2.81. The van der Waals surface area contributed by atoms with Crippen molar-refractivity contribution in [2.75, 3.05) is 0 Å². The average molecular weight is 235 g/mol. The van der Waals surface area contributed by atoms with Crippen molar-refractivity contribution < 1.29 is 0 Å². The van der Waals surface area contributed by atoms with E-state index in [0.717, 1.165) is 0 Å². The van der Waals surface area contributed by atoms with Gasteiger partial charge in [-0.25, -0.2) is 15.0 Å². The third-order valence-electron chi connectivity index (χ3n) is 2.22. The van der Waals surface area contributed by atoms with Crippen molar-refractivity contribution in [1.82, 2.24) is 19.5 Å². The summed E-state index contributed by atoms with van der Waals surface area (Å²) in [4.78, 5) is 11.8. The maximum Gasteiger partial charge on any atom is 0.177 e. The van der Waals surface area contributed by atoms with E-state index < -0.39 is 0 Å². The Bertz CT molecular complexity index is 736. The molecule has 84 valence electrons. The number of nitriles is 3. The third kappa shape index (κ3) is 1.64. The number of hydrogen-bond acceptors (Lipinski definition) is 6. The second kappa shape index (κ2) is 4.32. The van der Waals surface area contributed by atoms with Crippen LogP contribution in [0, 0.1) is 40.9 Å². The Hall–Kier alpha value is -3.24. The van der Waals surface area contributed by atoms with Gasteiger partial charge in [-0.15, -0.1) is 0 Å². The first-order valence-electron chi connectivity index (χ1n) is 4.83. The predicted octanol–water partition coefficient (Wildman–Crippen LogP) is 0.586. The van der Waals surface area contributed by atoms with Crippen molar-refractivity contribution in [3.8, 4) is 24.0 Å². The van der Waals surface area contributed by atoms with E-state index in [1.807, 2.05) is 18.2 Å². The van der Waals surface area contributed by atoms with Crippen molar-refractivity contribution in [2.24, 2.45) is 0 Å². The molecular formula is C11H5N7. The van der Waals surface area contributed by atoms with E-state index in [1.165, 1.54) is 17.1 Å². The molecule has 18 heavy (non-hydrogen) atoms. The number of imidazole rings is 1. The summed E-state index contributed by atoms with van der Waals surface area (Å²) in [5.41, 5.74) is 0.253. The molecule has 2 heterocycles. The summed E-state index contributed by atoms with van der Waals surface area (Å²) in [5, 5.41) is 26.8. The number of hydrogen-bond donors (Lipinski definition) is 0. The molecule has 0 aliphatic rings. The standard InChI is InChI=1S/C11H5N7/c1-7-15-5-8(2-12)11(17-7)18-6-16-9(3-13)10(18)4-14/h5-6H,1H3. The highest BCUT2D eigenvalue weighted by Gasteiger charge is 2.15. The summed E-state index contributed by atoms with van der Waals surface area (Å²) in [7, 11) is 0. The van der Waals surface area contributed by atoms with Gasteiger partial charge in [0.15, 0.2) is 17.2 Å². The van der Waals surface area contributed by atoms with Gasteiger partial charge in [-0.1, -0.05) is 0 Å². The highest BCUT2D eigenvalue weighted by Crippen LogP contribution is 2.15. The molecule has 7 heteroatoms. The van der Waals surface area contributed by atoms with Crippen LogP contribution in [0.1, 0.15) is 22.8 Å². The Morgan fingerprint density at radius 1 is 1.11 bits per heavy atom. The number of aryl methyl sites for hydroxylation is 1. The van der Waals surface area contributed by atoms with Crippen molar-refractivity contribution in [1.29, 1.82) is 15.8 Å². The maximum atomic E-state index is 9.03. The summed E-state index contributed by atoms with van der Waals surface area (Å²) in [6, 6.07) is 5.61. The van der Waals surface area contributed by atoms with Gasteiger partial charge in [0.25, 0.3) is 0 Å². The van der Waals surface area contributed by atoms with Crippen LogP contribution in [0.25, 0.3) is 5.82 Å². The van der Waals surface area contributed by atoms with Gasteiger partial charge in [-0.2, -0.15) is 15.8 Å². The van der Waals surface area contributed by atoms with Crippen LogP contribution in [0.3, 0.4) is 0 Å². The lowest BCUT2D eigenvalue weighted by Gasteiger charge is -2.04. The van der Waals surface area contributed by atoms with Gasteiger partial charge in [0.1, 0.15) is 35.9 Å². The van der Waals surface area contributed by atoms with Gasteiger partial charge in [0.05, 0.1) is 6.20 Å². The number of rotatable bonds is 1. The Morgan fingerprint density at radius 2 is 1.89 bits per heavy atom. The molecule has 2 rings (SSSR count). The molecule has 0 aliphatic carbocycles. The van der Waals surface area contributed by atoms with E-state index in [4.69, 9.17) is 15.8 Å². The Morgan fingerprint density at radius 3 is 2.50 bits per heavy atom. The van der Waals surface area contributed by atoms with Gasteiger partial charge < -0.3 is 0 Å². The molecule has 2 aromatic rings. The van der Waals surface area contributed by atoms with Crippen molar-refractivity contribution in [3.05, 3.63) is 35.3 Å². The zero-order chi connectivity index (χ0) is 13.1. The highest BCUT2D eigenvalue weighted by atomic mass is 15.1. The van der Waals surface area contributed by atoms with E-state index >= 15 is 0 Å². The minimum atomic E-state index is -0.00217. The molecule has 0 amide bonds. The summed E-state index contributed by atoms with van der Waals surface area (Å²) in [6.45, 7) is 1.67. The lowest BCUT2D eigenvalue weighted by Crippen LogP contribution is -2.05. The first-order chi connectivity index (χ1) is 8.71. The largest absolute Gasteiger partial charge is 0.272 e. The van der Waals surface area contributed by atoms with Crippen LogP contribution in [-0.4, -0.2) is 19.5 Å². The molecular weight excluding hydrogens is 230 g/mol. The molecule has 2 aromatic heterocycles. The lowest BCUT2D eigenvalue weighted by atomic mass is 10.3. The van der Waals surface area contributed by atoms with Crippen LogP contribution in [-0.2, 0) is 0 Å². The second-order valence-electron chi connectivity index (χ2n) is 3.30. The summed E-state index contributed by atoms with van der Waals surface area (Å²) >= 11 is 0. The molecule has 0 aliphatic heterocycles. The Balaban J connectivity index is 2.75. The first kappa shape index (κ1) is 11.3. The Labute approximate surface area is 102 Å². The van der Waals surface area contributed by atoms with Gasteiger partial charge in [-0.3, -0.25) is 4.57 Å². The van der Waals surface area contributed by atoms with E-state index in [9.17, 15) is 0 Å². The molecule has 0 saturated carbocycles. The van der Waals surface area contributed by atoms with Crippen LogP contribution in [0.15, 0.2) is 12.5 Å². The zero-order valence-corrected chi connectivity index (χ0v) is 9.29. The SMILES string of the molecule is Cc1ncc(C#N)c(-n2cnc(C#N)c2C#N)n1. The molecule has 0 saturated heterocycles. The van der Waals surface area contributed by atoms with Crippen molar-refractivity contribution in [3.63, 3.8) is 0 Å². The van der Waals surface area contributed by atoms with Crippen LogP contribution in [0.5, 0.6) is 0 Å². The fourth-order valence-corrected chi connectivity index (χ4v) is 1.42. The second-order valence-corrected chi connectivity index (χ2v) is 3.30. The topological polar surface area (TPSA) is 115 Å². The quantitative estimate of drug-likeness (QED) is 0.714. The summed E-state index contributed by atoms with van der Waals surface area (Å²) in [5.74, 6) is 0.704. The van der Waals surface area contributed by atoms with Crippen molar-refractivity contribution >= 4 is 0 Å². The summed E-state index contributed by atoms with van der Waals surface area (Å²) < 4.78 is 1.31. The molecule has 7 nitrogen and oxygen atoms in total. The minimum absolute atomic E-state index is 0.00217. The molecule has 0 aromatic carbocycles. The highest BCUT2D eigenvalue weighted by molar-refractivity contribution is 5.48. The van der Waals surface area contributed by atoms with Gasteiger partial charge in [-0.05, 0) is 6.92 Å². The normalized spacial score (nSPS) is 9.22. The van der Waals surface area contributed by atoms with Gasteiger partial charge >= 0.3 is 0 Å². The molecule has 0 atom stereocenters. The minimum Gasteiger partial charge on any atom is -0.272 e. The monoisotopic (exact) mass is 235 g/mol. The summed E-state index contributed by atoms with van der Waals surface area (Å²) in [6.07, 6.45) is 2.66. The first-order valence-corrected chi connectivity index (χ1v) is 4.83. The van der Waals surface area contributed by atoms with Crippen LogP contribution in [0.4, 0.5) is 0 Å². The molecule has 0 N–H and O–H groups in total. The van der Waals surface area contributed by atoms with Gasteiger partial charge in [0.2, 0.25) is 0 Å². The van der Waals surface area contributed by atoms with E-state index in [-0.39, 0.29) is 22.8 Å². The molecule has 0 fully saturated rings. The maximum absolute atomic E-state index is 9.03. The zero-order valence-electron chi connectivity index (χ0n) is 9.29. The Kier molecular flexibility index (Phi) is 2.70. The van der Waals surface area contributed by atoms with E-state index in [1.54, 1.807) is 6.92 Å². The van der Waals surface area contributed by atoms with E-state index in [2.05, 4.69) is 15.0 Å². The predicted molar refractivity (Wildman–Crippen MR) is 58.0 cm³/mol. The van der Waals surface area contributed by atoms with Crippen LogP contribution < -0.4 is 0 Å². The molecule has 0 bridgehead atoms. The number of nitrogens with zero attached hydrogens (tertiary/aromatic N) is 7.